The van der Waals surface area contributed by atoms with Gasteiger partial charge in [-0.15, -0.1) is 0 Å². The summed E-state index contributed by atoms with van der Waals surface area (Å²) in [6, 6.07) is 14.3. The standard InChI is InChI=1S/C20H21F3N2O/c21-20(22,23)17-10-8-16(9-11-17)19(26)24-14-18(25-12-4-5-13-25)15-6-2-1-3-7-15/h1-3,6-11,18H,4-5,12-14H2,(H,24,26). The van der Waals surface area contributed by atoms with Gasteiger partial charge in [0.15, 0.2) is 0 Å². The van der Waals surface area contributed by atoms with E-state index in [1.807, 2.05) is 30.3 Å². The summed E-state index contributed by atoms with van der Waals surface area (Å²) in [5, 5.41) is 2.87. The van der Waals surface area contributed by atoms with Gasteiger partial charge >= 0.3 is 6.18 Å². The number of benzene rings is 2. The Morgan fingerprint density at radius 1 is 1.00 bits per heavy atom. The number of halogens is 3. The Bertz CT molecular complexity index is 723. The molecule has 1 amide bonds. The summed E-state index contributed by atoms with van der Waals surface area (Å²) < 4.78 is 37.9. The molecule has 0 bridgehead atoms. The van der Waals surface area contributed by atoms with E-state index in [-0.39, 0.29) is 17.5 Å². The second-order valence-electron chi connectivity index (χ2n) is 6.45. The minimum absolute atomic E-state index is 0.0668. The van der Waals surface area contributed by atoms with Gasteiger partial charge in [-0.05, 0) is 55.8 Å². The molecule has 138 valence electrons. The topological polar surface area (TPSA) is 32.3 Å². The Hall–Kier alpha value is -2.34. The van der Waals surface area contributed by atoms with Gasteiger partial charge in [0, 0.05) is 12.1 Å². The van der Waals surface area contributed by atoms with Gasteiger partial charge in [0.25, 0.3) is 5.91 Å². The van der Waals surface area contributed by atoms with E-state index in [0.717, 1.165) is 43.6 Å². The number of carbonyl (C=O) groups is 1. The van der Waals surface area contributed by atoms with Gasteiger partial charge in [0.2, 0.25) is 0 Å². The molecular formula is C20H21F3N2O. The minimum Gasteiger partial charge on any atom is -0.350 e. The monoisotopic (exact) mass is 362 g/mol. The zero-order valence-electron chi connectivity index (χ0n) is 14.3. The molecule has 26 heavy (non-hydrogen) atoms. The molecule has 1 aliphatic heterocycles. The van der Waals surface area contributed by atoms with Crippen molar-refractivity contribution in [2.75, 3.05) is 19.6 Å². The predicted octanol–water partition coefficient (Wildman–Crippen LogP) is 4.27. The Kier molecular flexibility index (Phi) is 5.61. The normalized spacial score (nSPS) is 16.4. The lowest BCUT2D eigenvalue weighted by molar-refractivity contribution is -0.137. The maximum atomic E-state index is 12.6. The second-order valence-corrected chi connectivity index (χ2v) is 6.45. The molecule has 0 radical (unpaired) electrons. The van der Waals surface area contributed by atoms with Crippen molar-refractivity contribution >= 4 is 5.91 Å². The number of likely N-dealkylation sites (tertiary alicyclic amines) is 1. The van der Waals surface area contributed by atoms with Crippen molar-refractivity contribution in [3.63, 3.8) is 0 Å². The SMILES string of the molecule is O=C(NCC(c1ccccc1)N1CCCC1)c1ccc(C(F)(F)F)cc1. The lowest BCUT2D eigenvalue weighted by Gasteiger charge is -2.28. The number of carbonyl (C=O) groups excluding carboxylic acids is 1. The van der Waals surface area contributed by atoms with Crippen molar-refractivity contribution in [3.05, 3.63) is 71.3 Å². The van der Waals surface area contributed by atoms with E-state index < -0.39 is 11.7 Å². The van der Waals surface area contributed by atoms with Crippen LogP contribution in [-0.2, 0) is 6.18 Å². The molecule has 0 spiro atoms. The summed E-state index contributed by atoms with van der Waals surface area (Å²) in [5.41, 5.74) is 0.599. The van der Waals surface area contributed by atoms with Gasteiger partial charge in [-0.2, -0.15) is 13.2 Å². The van der Waals surface area contributed by atoms with Gasteiger partial charge in [-0.3, -0.25) is 9.69 Å². The third-order valence-corrected chi connectivity index (χ3v) is 4.70. The highest BCUT2D eigenvalue weighted by Crippen LogP contribution is 2.29. The van der Waals surface area contributed by atoms with E-state index in [9.17, 15) is 18.0 Å². The molecular weight excluding hydrogens is 341 g/mol. The first-order valence-electron chi connectivity index (χ1n) is 8.69. The van der Waals surface area contributed by atoms with Gasteiger partial charge in [-0.1, -0.05) is 30.3 Å². The van der Waals surface area contributed by atoms with E-state index >= 15 is 0 Å². The highest BCUT2D eigenvalue weighted by molar-refractivity contribution is 5.94. The Balaban J connectivity index is 1.67. The lowest BCUT2D eigenvalue weighted by atomic mass is 10.1. The van der Waals surface area contributed by atoms with Crippen LogP contribution in [0.1, 0.15) is 40.4 Å². The fourth-order valence-corrected chi connectivity index (χ4v) is 3.29. The Morgan fingerprint density at radius 2 is 1.62 bits per heavy atom. The average molecular weight is 362 g/mol. The summed E-state index contributed by atoms with van der Waals surface area (Å²) in [4.78, 5) is 14.7. The van der Waals surface area contributed by atoms with Crippen LogP contribution in [0.4, 0.5) is 13.2 Å². The molecule has 6 heteroatoms. The molecule has 3 rings (SSSR count). The molecule has 1 aliphatic rings. The quantitative estimate of drug-likeness (QED) is 0.861. The Morgan fingerprint density at radius 3 is 2.19 bits per heavy atom. The second kappa shape index (κ2) is 7.91. The van der Waals surface area contributed by atoms with Crippen LogP contribution in [0.2, 0.25) is 0 Å². The maximum absolute atomic E-state index is 12.6. The van der Waals surface area contributed by atoms with Gasteiger partial charge < -0.3 is 5.32 Å². The molecule has 2 aromatic carbocycles. The van der Waals surface area contributed by atoms with Crippen LogP contribution in [0.25, 0.3) is 0 Å². The van der Waals surface area contributed by atoms with Crippen LogP contribution in [0.5, 0.6) is 0 Å². The number of hydrogen-bond acceptors (Lipinski definition) is 2. The fourth-order valence-electron chi connectivity index (χ4n) is 3.29. The first-order chi connectivity index (χ1) is 12.4. The maximum Gasteiger partial charge on any atom is 0.416 e. The first kappa shape index (κ1) is 18.5. The predicted molar refractivity (Wildman–Crippen MR) is 93.8 cm³/mol. The zero-order chi connectivity index (χ0) is 18.6. The van der Waals surface area contributed by atoms with E-state index in [2.05, 4.69) is 10.2 Å². The van der Waals surface area contributed by atoms with Crippen LogP contribution >= 0.6 is 0 Å². The molecule has 1 N–H and O–H groups in total. The molecule has 3 nitrogen and oxygen atoms in total. The van der Waals surface area contributed by atoms with Gasteiger partial charge in [-0.25, -0.2) is 0 Å². The summed E-state index contributed by atoms with van der Waals surface area (Å²) in [5.74, 6) is -0.362. The third kappa shape index (κ3) is 4.43. The molecule has 1 fully saturated rings. The van der Waals surface area contributed by atoms with Crippen molar-refractivity contribution in [3.8, 4) is 0 Å². The number of amides is 1. The first-order valence-corrected chi connectivity index (χ1v) is 8.69. The largest absolute Gasteiger partial charge is 0.416 e. The summed E-state index contributed by atoms with van der Waals surface area (Å²) in [7, 11) is 0. The van der Waals surface area contributed by atoms with Crippen LogP contribution in [0, 0.1) is 0 Å². The molecule has 1 atom stereocenters. The number of rotatable bonds is 5. The third-order valence-electron chi connectivity index (χ3n) is 4.70. The van der Waals surface area contributed by atoms with E-state index in [1.165, 1.54) is 12.1 Å². The van der Waals surface area contributed by atoms with Gasteiger partial charge in [0.1, 0.15) is 0 Å². The minimum atomic E-state index is -4.40. The fraction of sp³-hybridized carbons (Fsp3) is 0.350. The molecule has 0 aliphatic carbocycles. The van der Waals surface area contributed by atoms with E-state index in [4.69, 9.17) is 0 Å². The molecule has 0 saturated carbocycles. The number of alkyl halides is 3. The highest BCUT2D eigenvalue weighted by Gasteiger charge is 2.30. The zero-order valence-corrected chi connectivity index (χ0v) is 14.3. The smallest absolute Gasteiger partial charge is 0.350 e. The number of hydrogen-bond donors (Lipinski definition) is 1. The molecule has 1 unspecified atom stereocenters. The summed E-state index contributed by atoms with van der Waals surface area (Å²) in [6.07, 6.45) is -2.13. The lowest BCUT2D eigenvalue weighted by Crippen LogP contribution is -2.36. The number of nitrogens with one attached hydrogen (secondary N) is 1. The molecule has 1 heterocycles. The average Bonchev–Trinajstić information content (AvgIpc) is 3.16. The van der Waals surface area contributed by atoms with E-state index in [1.54, 1.807) is 0 Å². The summed E-state index contributed by atoms with van der Waals surface area (Å²) in [6.45, 7) is 2.38. The molecule has 0 aromatic heterocycles. The molecule has 2 aromatic rings. The Labute approximate surface area is 150 Å². The van der Waals surface area contributed by atoms with Crippen LogP contribution in [-0.4, -0.2) is 30.4 Å². The van der Waals surface area contributed by atoms with Crippen molar-refractivity contribution in [1.29, 1.82) is 0 Å². The summed E-state index contributed by atoms with van der Waals surface area (Å²) >= 11 is 0. The van der Waals surface area contributed by atoms with Gasteiger partial charge in [0.05, 0.1) is 11.6 Å². The number of nitrogens with zero attached hydrogens (tertiary/aromatic N) is 1. The van der Waals surface area contributed by atoms with Crippen LogP contribution < -0.4 is 5.32 Å². The van der Waals surface area contributed by atoms with E-state index in [0.29, 0.717) is 6.54 Å². The van der Waals surface area contributed by atoms with Crippen molar-refractivity contribution in [2.24, 2.45) is 0 Å². The van der Waals surface area contributed by atoms with Crippen molar-refractivity contribution in [2.45, 2.75) is 25.1 Å². The van der Waals surface area contributed by atoms with Crippen LogP contribution in [0.15, 0.2) is 54.6 Å². The van der Waals surface area contributed by atoms with Crippen LogP contribution in [0.3, 0.4) is 0 Å². The van der Waals surface area contributed by atoms with Crippen molar-refractivity contribution < 1.29 is 18.0 Å². The molecule has 1 saturated heterocycles. The van der Waals surface area contributed by atoms with Crippen molar-refractivity contribution in [1.82, 2.24) is 10.2 Å². The highest BCUT2D eigenvalue weighted by atomic mass is 19.4.